The van der Waals surface area contributed by atoms with Gasteiger partial charge in [0.05, 0.1) is 18.1 Å². The summed E-state index contributed by atoms with van der Waals surface area (Å²) in [5, 5.41) is 19.6. The van der Waals surface area contributed by atoms with Gasteiger partial charge in [-0.2, -0.15) is 0 Å². The minimum Gasteiger partial charge on any atom is -0.494 e. The molecule has 0 heterocycles. The van der Waals surface area contributed by atoms with E-state index in [-0.39, 0.29) is 6.42 Å². The van der Waals surface area contributed by atoms with E-state index in [4.69, 9.17) is 4.74 Å². The van der Waals surface area contributed by atoms with E-state index < -0.39 is 41.0 Å². The number of benzene rings is 4. The highest BCUT2D eigenvalue weighted by molar-refractivity contribution is 6.11. The lowest BCUT2D eigenvalue weighted by atomic mass is 9.60. The molecular weight excluding hydrogens is 552 g/mol. The molecule has 7 heteroatoms. The molecule has 0 aliphatic heterocycles. The standard InChI is InChI=1S/C37H40N2O5/c1-5-23-14-9-12-18-27(23)38-35(41)32-29(40)22-37(4,43)34(36(42)39-28-19-13-10-15-24(28)6-2)33(32)31-26-17-11-8-16-25(26)20-21-30(31)44-7-3/h8-21,32-34,43H,5-7,22H2,1-4H3,(H,38,41)(H,39,42). The molecule has 4 aromatic rings. The van der Waals surface area contributed by atoms with Crippen LogP contribution in [0.2, 0.25) is 0 Å². The van der Waals surface area contributed by atoms with E-state index in [9.17, 15) is 19.5 Å². The lowest BCUT2D eigenvalue weighted by Crippen LogP contribution is -2.56. The number of para-hydroxylation sites is 2. The maximum atomic E-state index is 14.4. The Morgan fingerprint density at radius 1 is 0.818 bits per heavy atom. The van der Waals surface area contributed by atoms with E-state index >= 15 is 0 Å². The first-order chi connectivity index (χ1) is 21.2. The van der Waals surface area contributed by atoms with Gasteiger partial charge in [0.1, 0.15) is 17.5 Å². The van der Waals surface area contributed by atoms with Gasteiger partial charge < -0.3 is 20.5 Å². The molecule has 2 amide bonds. The second-order valence-corrected chi connectivity index (χ2v) is 11.6. The van der Waals surface area contributed by atoms with Crippen LogP contribution < -0.4 is 15.4 Å². The van der Waals surface area contributed by atoms with Crippen molar-refractivity contribution >= 4 is 39.7 Å². The zero-order valence-corrected chi connectivity index (χ0v) is 25.7. The highest BCUT2D eigenvalue weighted by atomic mass is 16.5. The molecule has 4 unspecified atom stereocenters. The Morgan fingerprint density at radius 3 is 2.00 bits per heavy atom. The van der Waals surface area contributed by atoms with Crippen molar-refractivity contribution in [1.29, 1.82) is 0 Å². The van der Waals surface area contributed by atoms with Crippen molar-refractivity contribution in [2.45, 2.75) is 58.5 Å². The first-order valence-electron chi connectivity index (χ1n) is 15.4. The topological polar surface area (TPSA) is 105 Å². The van der Waals surface area contributed by atoms with Gasteiger partial charge in [0.15, 0.2) is 0 Å². The molecule has 7 nitrogen and oxygen atoms in total. The van der Waals surface area contributed by atoms with Crippen LogP contribution in [0, 0.1) is 11.8 Å². The monoisotopic (exact) mass is 592 g/mol. The predicted octanol–water partition coefficient (Wildman–Crippen LogP) is 6.68. The van der Waals surface area contributed by atoms with E-state index in [0.717, 1.165) is 21.9 Å². The number of Topliss-reactive ketones (excluding diaryl/α,β-unsaturated/α-hetero) is 1. The van der Waals surface area contributed by atoms with Crippen molar-refractivity contribution in [2.75, 3.05) is 17.2 Å². The fourth-order valence-electron chi connectivity index (χ4n) is 6.66. The molecule has 0 radical (unpaired) electrons. The molecular formula is C37H40N2O5. The largest absolute Gasteiger partial charge is 0.494 e. The molecule has 1 aliphatic carbocycles. The van der Waals surface area contributed by atoms with E-state index in [0.29, 0.717) is 42.1 Å². The fourth-order valence-corrected chi connectivity index (χ4v) is 6.66. The summed E-state index contributed by atoms with van der Waals surface area (Å²) in [6.45, 7) is 7.71. The molecule has 5 rings (SSSR count). The second kappa shape index (κ2) is 13.0. The zero-order valence-electron chi connectivity index (χ0n) is 25.7. The minimum absolute atomic E-state index is 0.337. The Balaban J connectivity index is 1.72. The van der Waals surface area contributed by atoms with E-state index in [1.165, 1.54) is 6.92 Å². The Hall–Kier alpha value is -4.49. The molecule has 4 atom stereocenters. The van der Waals surface area contributed by atoms with Gasteiger partial charge in [0.2, 0.25) is 11.8 Å². The number of aryl methyl sites for hydroxylation is 2. The van der Waals surface area contributed by atoms with Crippen molar-refractivity contribution in [3.8, 4) is 5.75 Å². The fraction of sp³-hybridized carbons (Fsp3) is 0.324. The average Bonchev–Trinajstić information content (AvgIpc) is 3.00. The first-order valence-corrected chi connectivity index (χ1v) is 15.4. The highest BCUT2D eigenvalue weighted by Gasteiger charge is 2.57. The Labute approximate surface area is 258 Å². The third kappa shape index (κ3) is 5.97. The third-order valence-corrected chi connectivity index (χ3v) is 8.71. The number of ketones is 1. The molecule has 44 heavy (non-hydrogen) atoms. The van der Waals surface area contributed by atoms with Crippen LogP contribution in [-0.2, 0) is 27.2 Å². The van der Waals surface area contributed by atoms with Gasteiger partial charge in [-0.05, 0) is 66.8 Å². The SMILES string of the molecule is CCOc1ccc2ccccc2c1C1C(C(=O)Nc2ccccc2CC)C(=O)CC(C)(O)C1C(=O)Nc1ccccc1CC. The van der Waals surface area contributed by atoms with Crippen molar-refractivity contribution in [2.24, 2.45) is 11.8 Å². The van der Waals surface area contributed by atoms with E-state index in [1.807, 2.05) is 106 Å². The molecule has 4 aromatic carbocycles. The zero-order chi connectivity index (χ0) is 31.4. The van der Waals surface area contributed by atoms with E-state index in [1.54, 1.807) is 0 Å². The number of rotatable bonds is 9. The van der Waals surface area contributed by atoms with Gasteiger partial charge in [-0.15, -0.1) is 0 Å². The molecule has 0 spiro atoms. The number of carbonyl (C=O) groups excluding carboxylic acids is 3. The summed E-state index contributed by atoms with van der Waals surface area (Å²) < 4.78 is 6.11. The molecule has 0 bridgehead atoms. The van der Waals surface area contributed by atoms with Crippen molar-refractivity contribution in [1.82, 2.24) is 0 Å². The third-order valence-electron chi connectivity index (χ3n) is 8.71. The van der Waals surface area contributed by atoms with Crippen LogP contribution in [0.15, 0.2) is 84.9 Å². The van der Waals surface area contributed by atoms with Crippen LogP contribution in [0.3, 0.4) is 0 Å². The Kier molecular flexibility index (Phi) is 9.16. The van der Waals surface area contributed by atoms with Crippen LogP contribution in [0.5, 0.6) is 5.75 Å². The number of fused-ring (bicyclic) bond motifs is 1. The number of carbonyl (C=O) groups is 3. The van der Waals surface area contributed by atoms with Crippen LogP contribution in [0.25, 0.3) is 10.8 Å². The van der Waals surface area contributed by atoms with Gasteiger partial charge in [-0.25, -0.2) is 0 Å². The summed E-state index contributed by atoms with van der Waals surface area (Å²) in [6.07, 6.45) is 1.03. The number of anilines is 2. The summed E-state index contributed by atoms with van der Waals surface area (Å²) >= 11 is 0. The molecule has 1 aliphatic rings. The van der Waals surface area contributed by atoms with Crippen molar-refractivity contribution in [3.05, 3.63) is 102 Å². The van der Waals surface area contributed by atoms with Crippen LogP contribution in [0.1, 0.15) is 56.7 Å². The van der Waals surface area contributed by atoms with Crippen LogP contribution in [0.4, 0.5) is 11.4 Å². The molecule has 228 valence electrons. The van der Waals surface area contributed by atoms with Crippen LogP contribution in [-0.4, -0.2) is 34.9 Å². The van der Waals surface area contributed by atoms with E-state index in [2.05, 4.69) is 10.6 Å². The number of amides is 2. The number of ether oxygens (including phenoxy) is 1. The van der Waals surface area contributed by atoms with Crippen molar-refractivity contribution < 1.29 is 24.2 Å². The van der Waals surface area contributed by atoms with Gasteiger partial charge in [-0.1, -0.05) is 80.6 Å². The number of hydrogen-bond acceptors (Lipinski definition) is 5. The summed E-state index contributed by atoms with van der Waals surface area (Å²) in [7, 11) is 0. The second-order valence-electron chi connectivity index (χ2n) is 11.6. The number of aliphatic hydroxyl groups is 1. The number of hydrogen-bond donors (Lipinski definition) is 3. The maximum absolute atomic E-state index is 14.4. The number of nitrogens with one attached hydrogen (secondary N) is 2. The lowest BCUT2D eigenvalue weighted by molar-refractivity contribution is -0.150. The highest BCUT2D eigenvalue weighted by Crippen LogP contribution is 2.51. The molecule has 1 saturated carbocycles. The summed E-state index contributed by atoms with van der Waals surface area (Å²) in [6, 6.07) is 26.4. The normalized spacial score (nSPS) is 21.6. The molecule has 0 saturated heterocycles. The molecule has 0 aromatic heterocycles. The maximum Gasteiger partial charge on any atom is 0.235 e. The summed E-state index contributed by atoms with van der Waals surface area (Å²) in [5.74, 6) is -4.38. The van der Waals surface area contributed by atoms with Gasteiger partial charge in [0.25, 0.3) is 0 Å². The Morgan fingerprint density at radius 2 is 1.39 bits per heavy atom. The van der Waals surface area contributed by atoms with Crippen LogP contribution >= 0.6 is 0 Å². The first kappa shape index (κ1) is 31.0. The molecule has 1 fully saturated rings. The summed E-state index contributed by atoms with van der Waals surface area (Å²) in [4.78, 5) is 42.7. The minimum atomic E-state index is -1.74. The van der Waals surface area contributed by atoms with Gasteiger partial charge >= 0.3 is 0 Å². The predicted molar refractivity (Wildman–Crippen MR) is 174 cm³/mol. The Bertz CT molecular complexity index is 1690. The van der Waals surface area contributed by atoms with Crippen molar-refractivity contribution in [3.63, 3.8) is 0 Å². The van der Waals surface area contributed by atoms with Gasteiger partial charge in [0, 0.05) is 29.3 Å². The summed E-state index contributed by atoms with van der Waals surface area (Å²) in [5.41, 5.74) is 1.93. The smallest absolute Gasteiger partial charge is 0.235 e. The molecule has 3 N–H and O–H groups in total. The average molecular weight is 593 g/mol. The van der Waals surface area contributed by atoms with Gasteiger partial charge in [-0.3, -0.25) is 14.4 Å². The lowest BCUT2D eigenvalue weighted by Gasteiger charge is -2.45. The quantitative estimate of drug-likeness (QED) is 0.188.